The van der Waals surface area contributed by atoms with Crippen molar-refractivity contribution in [2.24, 2.45) is 11.8 Å². The first-order valence-corrected chi connectivity index (χ1v) is 6.46. The molecule has 2 nitrogen and oxygen atoms in total. The molecule has 0 spiro atoms. The Hall–Kier alpha value is -0.790. The Balaban J connectivity index is 2.15. The number of rotatable bonds is 6. The number of carbonyl (C=O) groups is 1. The lowest BCUT2D eigenvalue weighted by atomic mass is 9.79. The van der Waals surface area contributed by atoms with Gasteiger partial charge in [0.1, 0.15) is 0 Å². The number of allylic oxidation sites excluding steroid dienone is 1. The Morgan fingerprint density at radius 1 is 1.38 bits per heavy atom. The van der Waals surface area contributed by atoms with Crippen LogP contribution in [0, 0.1) is 11.8 Å². The zero-order valence-corrected chi connectivity index (χ0v) is 10.4. The van der Waals surface area contributed by atoms with Gasteiger partial charge >= 0.3 is 5.97 Å². The van der Waals surface area contributed by atoms with Crippen molar-refractivity contribution in [2.75, 3.05) is 0 Å². The number of carboxylic acids is 1. The van der Waals surface area contributed by atoms with E-state index in [1.54, 1.807) is 0 Å². The lowest BCUT2D eigenvalue weighted by Gasteiger charge is -2.27. The highest BCUT2D eigenvalue weighted by atomic mass is 16.4. The fourth-order valence-corrected chi connectivity index (χ4v) is 2.75. The molecule has 1 aliphatic rings. The SMILES string of the molecule is C=C(CCCC(=O)O)CC1CCCC(C)C1. The predicted molar refractivity (Wildman–Crippen MR) is 66.4 cm³/mol. The molecule has 2 heteroatoms. The molecule has 2 unspecified atom stereocenters. The van der Waals surface area contributed by atoms with Gasteiger partial charge in [-0.1, -0.05) is 38.3 Å². The summed E-state index contributed by atoms with van der Waals surface area (Å²) in [5.41, 5.74) is 1.25. The minimum Gasteiger partial charge on any atom is -0.481 e. The molecule has 0 aliphatic heterocycles. The summed E-state index contributed by atoms with van der Waals surface area (Å²) in [4.78, 5) is 10.4. The highest BCUT2D eigenvalue weighted by Gasteiger charge is 2.19. The van der Waals surface area contributed by atoms with Gasteiger partial charge in [0.15, 0.2) is 0 Å². The third kappa shape index (κ3) is 5.34. The predicted octanol–water partition coefficient (Wildman–Crippen LogP) is 4.01. The second kappa shape index (κ2) is 6.72. The van der Waals surface area contributed by atoms with E-state index in [1.165, 1.54) is 31.3 Å². The number of hydrogen-bond acceptors (Lipinski definition) is 1. The molecule has 0 aromatic carbocycles. The molecular weight excluding hydrogens is 200 g/mol. The second-order valence-corrected chi connectivity index (χ2v) is 5.34. The Labute approximate surface area is 98.7 Å². The average Bonchev–Trinajstić information content (AvgIpc) is 2.16. The van der Waals surface area contributed by atoms with Gasteiger partial charge < -0.3 is 5.11 Å². The van der Waals surface area contributed by atoms with E-state index in [0.717, 1.165) is 31.1 Å². The van der Waals surface area contributed by atoms with Gasteiger partial charge in [-0.2, -0.15) is 0 Å². The van der Waals surface area contributed by atoms with Crippen LogP contribution in [-0.4, -0.2) is 11.1 Å². The van der Waals surface area contributed by atoms with E-state index in [2.05, 4.69) is 13.5 Å². The fraction of sp³-hybridized carbons (Fsp3) is 0.786. The monoisotopic (exact) mass is 224 g/mol. The smallest absolute Gasteiger partial charge is 0.303 e. The van der Waals surface area contributed by atoms with Crippen LogP contribution in [0.4, 0.5) is 0 Å². The molecule has 0 heterocycles. The van der Waals surface area contributed by atoms with Crippen molar-refractivity contribution in [3.63, 3.8) is 0 Å². The van der Waals surface area contributed by atoms with Crippen molar-refractivity contribution in [1.82, 2.24) is 0 Å². The summed E-state index contributed by atoms with van der Waals surface area (Å²) < 4.78 is 0. The van der Waals surface area contributed by atoms with Crippen LogP contribution in [-0.2, 0) is 4.79 Å². The zero-order chi connectivity index (χ0) is 12.0. The third-order valence-electron chi connectivity index (χ3n) is 3.54. The lowest BCUT2D eigenvalue weighted by molar-refractivity contribution is -0.137. The molecular formula is C14H24O2. The largest absolute Gasteiger partial charge is 0.481 e. The minimum atomic E-state index is -0.695. The first kappa shape index (κ1) is 13.3. The zero-order valence-electron chi connectivity index (χ0n) is 10.4. The topological polar surface area (TPSA) is 37.3 Å². The van der Waals surface area contributed by atoms with Crippen LogP contribution in [0.25, 0.3) is 0 Å². The van der Waals surface area contributed by atoms with Gasteiger partial charge in [-0.25, -0.2) is 0 Å². The van der Waals surface area contributed by atoms with Crippen molar-refractivity contribution in [1.29, 1.82) is 0 Å². The summed E-state index contributed by atoms with van der Waals surface area (Å²) in [6, 6.07) is 0. The fourth-order valence-electron chi connectivity index (χ4n) is 2.75. The van der Waals surface area contributed by atoms with E-state index in [4.69, 9.17) is 5.11 Å². The molecule has 92 valence electrons. The Bertz CT molecular complexity index is 245. The first-order chi connectivity index (χ1) is 7.58. The van der Waals surface area contributed by atoms with Crippen LogP contribution in [0.1, 0.15) is 58.3 Å². The van der Waals surface area contributed by atoms with Gasteiger partial charge in [0.2, 0.25) is 0 Å². The van der Waals surface area contributed by atoms with Crippen LogP contribution in [0.2, 0.25) is 0 Å². The van der Waals surface area contributed by atoms with Crippen molar-refractivity contribution in [3.8, 4) is 0 Å². The molecule has 2 atom stereocenters. The summed E-state index contributed by atoms with van der Waals surface area (Å²) >= 11 is 0. The quantitative estimate of drug-likeness (QED) is 0.692. The second-order valence-electron chi connectivity index (χ2n) is 5.34. The molecule has 1 rings (SSSR count). The molecule has 0 radical (unpaired) electrons. The van der Waals surface area contributed by atoms with Crippen molar-refractivity contribution < 1.29 is 9.90 Å². The van der Waals surface area contributed by atoms with E-state index >= 15 is 0 Å². The molecule has 1 N–H and O–H groups in total. The molecule has 0 aromatic heterocycles. The van der Waals surface area contributed by atoms with E-state index in [-0.39, 0.29) is 6.42 Å². The lowest BCUT2D eigenvalue weighted by Crippen LogP contribution is -2.13. The van der Waals surface area contributed by atoms with Crippen LogP contribution in [0.15, 0.2) is 12.2 Å². The normalized spacial score (nSPS) is 25.3. The van der Waals surface area contributed by atoms with Crippen molar-refractivity contribution >= 4 is 5.97 Å². The third-order valence-corrected chi connectivity index (χ3v) is 3.54. The van der Waals surface area contributed by atoms with Gasteiger partial charge in [0.05, 0.1) is 0 Å². The van der Waals surface area contributed by atoms with Crippen LogP contribution >= 0.6 is 0 Å². The van der Waals surface area contributed by atoms with Gasteiger partial charge in [0, 0.05) is 6.42 Å². The molecule has 1 aliphatic carbocycles. The summed E-state index contributed by atoms with van der Waals surface area (Å²) in [6.45, 7) is 6.41. The number of aliphatic carboxylic acids is 1. The Morgan fingerprint density at radius 3 is 2.75 bits per heavy atom. The molecule has 1 fully saturated rings. The van der Waals surface area contributed by atoms with Crippen LogP contribution in [0.5, 0.6) is 0 Å². The maximum atomic E-state index is 10.4. The standard InChI is InChI=1S/C14H24O2/c1-11-5-3-7-13(9-11)10-12(2)6-4-8-14(15)16/h11,13H,2-10H2,1H3,(H,15,16). The number of hydrogen-bond donors (Lipinski definition) is 1. The molecule has 0 amide bonds. The summed E-state index contributed by atoms with van der Waals surface area (Å²) in [6.07, 6.45) is 8.42. The highest BCUT2D eigenvalue weighted by Crippen LogP contribution is 2.33. The summed E-state index contributed by atoms with van der Waals surface area (Å²) in [5.74, 6) is 0.978. The van der Waals surface area contributed by atoms with Crippen molar-refractivity contribution in [2.45, 2.75) is 58.3 Å². The Kier molecular flexibility index (Phi) is 5.58. The van der Waals surface area contributed by atoms with Gasteiger partial charge in [-0.05, 0) is 37.5 Å². The average molecular weight is 224 g/mol. The van der Waals surface area contributed by atoms with E-state index < -0.39 is 5.97 Å². The summed E-state index contributed by atoms with van der Waals surface area (Å²) in [5, 5.41) is 8.55. The van der Waals surface area contributed by atoms with Crippen LogP contribution in [0.3, 0.4) is 0 Å². The number of carboxylic acid groups (broad SMARTS) is 1. The Morgan fingerprint density at radius 2 is 2.12 bits per heavy atom. The van der Waals surface area contributed by atoms with E-state index in [9.17, 15) is 4.79 Å². The molecule has 0 bridgehead atoms. The highest BCUT2D eigenvalue weighted by molar-refractivity contribution is 5.66. The molecule has 0 aromatic rings. The van der Waals surface area contributed by atoms with Crippen molar-refractivity contribution in [3.05, 3.63) is 12.2 Å². The van der Waals surface area contributed by atoms with Crippen LogP contribution < -0.4 is 0 Å². The van der Waals surface area contributed by atoms with Gasteiger partial charge in [-0.15, -0.1) is 0 Å². The maximum Gasteiger partial charge on any atom is 0.303 e. The van der Waals surface area contributed by atoms with E-state index in [1.807, 2.05) is 0 Å². The van der Waals surface area contributed by atoms with Gasteiger partial charge in [0.25, 0.3) is 0 Å². The van der Waals surface area contributed by atoms with E-state index in [0.29, 0.717) is 0 Å². The minimum absolute atomic E-state index is 0.278. The summed E-state index contributed by atoms with van der Waals surface area (Å²) in [7, 11) is 0. The first-order valence-electron chi connectivity index (χ1n) is 6.46. The van der Waals surface area contributed by atoms with Gasteiger partial charge in [-0.3, -0.25) is 4.79 Å². The maximum absolute atomic E-state index is 10.4. The molecule has 16 heavy (non-hydrogen) atoms. The molecule has 1 saturated carbocycles. The molecule has 0 saturated heterocycles.